The van der Waals surface area contributed by atoms with Gasteiger partial charge in [0.1, 0.15) is 24.5 Å². The topological polar surface area (TPSA) is 187 Å². The lowest BCUT2D eigenvalue weighted by Gasteiger charge is -2.05. The summed E-state index contributed by atoms with van der Waals surface area (Å²) in [5.41, 5.74) is 0. The third kappa shape index (κ3) is 11.8. The molecule has 0 aromatic carbocycles. The van der Waals surface area contributed by atoms with Gasteiger partial charge in [0.15, 0.2) is 11.6 Å². The Bertz CT molecular complexity index is 356. The molecule has 0 heterocycles. The Morgan fingerprint density at radius 2 is 1.14 bits per heavy atom. The number of hydrogen-bond acceptors (Lipinski definition) is 10. The van der Waals surface area contributed by atoms with E-state index in [1.165, 1.54) is 0 Å². The number of amides is 4. The fraction of sp³-hybridized carbons (Fsp3) is 0. The summed E-state index contributed by atoms with van der Waals surface area (Å²) in [6.45, 7) is 0. The van der Waals surface area contributed by atoms with Crippen LogP contribution in [0.5, 0.6) is 0 Å². The zero-order chi connectivity index (χ0) is 16.1. The van der Waals surface area contributed by atoms with Crippen molar-refractivity contribution in [1.82, 2.24) is 20.9 Å². The lowest BCUT2D eigenvalue weighted by atomic mass is 9.74. The highest BCUT2D eigenvalue weighted by atomic mass is 32.2. The van der Waals surface area contributed by atoms with Gasteiger partial charge in [-0.2, -0.15) is 0 Å². The number of nitrogens with one attached hydrogen (secondary N) is 4. The van der Waals surface area contributed by atoms with Gasteiger partial charge < -0.3 is 29.3 Å². The van der Waals surface area contributed by atoms with Crippen LogP contribution in [-0.4, -0.2) is 46.2 Å². The van der Waals surface area contributed by atoms with Crippen LogP contribution in [0.1, 0.15) is 0 Å². The molecule has 0 saturated carbocycles. The Labute approximate surface area is 130 Å². The predicted octanol–water partition coefficient (Wildman–Crippen LogP) is -3.13. The normalized spacial score (nSPS) is 8.67. The molecule has 0 unspecified atom stereocenters. The fourth-order valence-corrected chi connectivity index (χ4v) is 1.14. The van der Waals surface area contributed by atoms with Crippen LogP contribution in [-0.2, 0) is 8.37 Å². The summed E-state index contributed by atoms with van der Waals surface area (Å²) in [6, 6.07) is 0. The number of carbonyl (C=O) groups is 4. The molecule has 0 aliphatic heterocycles. The van der Waals surface area contributed by atoms with Gasteiger partial charge in [0.05, 0.1) is 0 Å². The summed E-state index contributed by atoms with van der Waals surface area (Å²) in [7, 11) is -0.960. The van der Waals surface area contributed by atoms with Crippen molar-refractivity contribution in [3.8, 4) is 0 Å². The average molecular weight is 336 g/mol. The zero-order valence-corrected chi connectivity index (χ0v) is 12.2. The quantitative estimate of drug-likeness (QED) is 0.150. The maximum absolute atomic E-state index is 11.3. The fourth-order valence-electron chi connectivity index (χ4n) is 0.847. The standard InChI is InChI=1S/C4H11B3N6O6S2/c8-20-18-3(16)12-6-10-1(14)5-2(15)11-7-13-4(17)19-21-9/h5-7H,8-9H2,(H,10,14)(H,11,15)(H,12,16)(H,13,17). The minimum atomic E-state index is -0.840. The summed E-state index contributed by atoms with van der Waals surface area (Å²) in [5, 5.41) is 18.5. The second-order valence-electron chi connectivity index (χ2n) is 3.02. The van der Waals surface area contributed by atoms with Crippen LogP contribution in [0, 0.1) is 0 Å². The molecule has 0 aromatic rings. The van der Waals surface area contributed by atoms with Crippen LogP contribution in [0.3, 0.4) is 0 Å². The third-order valence-corrected chi connectivity index (χ3v) is 2.10. The molecular weight excluding hydrogens is 325 g/mol. The summed E-state index contributed by atoms with van der Waals surface area (Å²) in [6.07, 6.45) is -1.68. The van der Waals surface area contributed by atoms with E-state index < -0.39 is 31.1 Å². The van der Waals surface area contributed by atoms with E-state index in [2.05, 4.69) is 29.3 Å². The van der Waals surface area contributed by atoms with Crippen molar-refractivity contribution < 1.29 is 27.5 Å². The second kappa shape index (κ2) is 12.1. The van der Waals surface area contributed by atoms with Crippen molar-refractivity contribution in [2.75, 3.05) is 0 Å². The van der Waals surface area contributed by atoms with Gasteiger partial charge in [-0.1, -0.05) is 0 Å². The van der Waals surface area contributed by atoms with Crippen molar-refractivity contribution >= 4 is 70.6 Å². The van der Waals surface area contributed by atoms with Crippen molar-refractivity contribution in [2.24, 2.45) is 10.3 Å². The first-order chi connectivity index (χ1) is 9.99. The molecular formula is C4H11B3N6O6S2. The summed E-state index contributed by atoms with van der Waals surface area (Å²) in [5.74, 6) is -1.29. The van der Waals surface area contributed by atoms with Crippen LogP contribution < -0.4 is 31.2 Å². The van der Waals surface area contributed by atoms with Crippen LogP contribution in [0.2, 0.25) is 0 Å². The van der Waals surface area contributed by atoms with Gasteiger partial charge in [-0.05, 0) is 0 Å². The van der Waals surface area contributed by atoms with Gasteiger partial charge >= 0.3 is 34.6 Å². The van der Waals surface area contributed by atoms with E-state index in [-0.39, 0.29) is 15.1 Å². The van der Waals surface area contributed by atoms with Crippen molar-refractivity contribution in [2.45, 2.75) is 0 Å². The maximum Gasteiger partial charge on any atom is 0.409 e. The van der Waals surface area contributed by atoms with Crippen LogP contribution in [0.4, 0.5) is 19.2 Å². The molecule has 0 atom stereocenters. The predicted molar refractivity (Wildman–Crippen MR) is 81.3 cm³/mol. The molecule has 12 nitrogen and oxygen atoms in total. The third-order valence-electron chi connectivity index (χ3n) is 1.61. The Hall–Kier alpha value is -1.71. The molecule has 0 aliphatic rings. The molecule has 0 saturated heterocycles. The van der Waals surface area contributed by atoms with E-state index in [1.807, 2.05) is 0 Å². The molecule has 0 aromatic heterocycles. The van der Waals surface area contributed by atoms with E-state index in [9.17, 15) is 19.2 Å². The minimum absolute atomic E-state index is 0.232. The molecule has 0 bridgehead atoms. The maximum atomic E-state index is 11.3. The van der Waals surface area contributed by atoms with Crippen molar-refractivity contribution in [3.05, 3.63) is 0 Å². The van der Waals surface area contributed by atoms with Gasteiger partial charge in [-0.3, -0.25) is 9.59 Å². The van der Waals surface area contributed by atoms with E-state index in [1.54, 1.807) is 0 Å². The van der Waals surface area contributed by atoms with E-state index in [0.29, 0.717) is 24.5 Å². The molecule has 21 heavy (non-hydrogen) atoms. The van der Waals surface area contributed by atoms with Gasteiger partial charge in [0.25, 0.3) is 0 Å². The molecule has 0 rings (SSSR count). The van der Waals surface area contributed by atoms with E-state index >= 15 is 0 Å². The highest BCUT2D eigenvalue weighted by molar-refractivity contribution is 7.92. The monoisotopic (exact) mass is 336 g/mol. The van der Waals surface area contributed by atoms with Crippen molar-refractivity contribution in [3.63, 3.8) is 0 Å². The Kier molecular flexibility index (Phi) is 11.1. The zero-order valence-electron chi connectivity index (χ0n) is 10.5. The highest BCUT2D eigenvalue weighted by Gasteiger charge is 2.14. The Morgan fingerprint density at radius 3 is 1.48 bits per heavy atom. The molecule has 8 N–H and O–H groups in total. The van der Waals surface area contributed by atoms with E-state index in [0.717, 1.165) is 0 Å². The van der Waals surface area contributed by atoms with Gasteiger partial charge in [-0.15, -0.1) is 0 Å². The molecule has 17 heteroatoms. The van der Waals surface area contributed by atoms with Crippen LogP contribution in [0.15, 0.2) is 0 Å². The number of hydrogen-bond donors (Lipinski definition) is 6. The minimum Gasteiger partial charge on any atom is -0.391 e. The first-order valence-corrected chi connectivity index (χ1v) is 6.76. The average Bonchev–Trinajstić information content (AvgIpc) is 2.39. The molecule has 0 fully saturated rings. The van der Waals surface area contributed by atoms with Crippen LogP contribution in [0.25, 0.3) is 0 Å². The first kappa shape index (κ1) is 19.3. The lowest BCUT2D eigenvalue weighted by Crippen LogP contribution is -2.48. The molecule has 0 spiro atoms. The largest absolute Gasteiger partial charge is 0.409 e. The summed E-state index contributed by atoms with van der Waals surface area (Å²) < 4.78 is 8.50. The molecule has 4 amide bonds. The highest BCUT2D eigenvalue weighted by Crippen LogP contribution is 1.88. The summed E-state index contributed by atoms with van der Waals surface area (Å²) in [4.78, 5) is 44.1. The SMILES string of the molecule is NSOC(=O)NBNC(=O)BC(=O)NBNC(=O)OSN. The second-order valence-corrected chi connectivity index (χ2v) is 3.74. The van der Waals surface area contributed by atoms with Gasteiger partial charge in [0.2, 0.25) is 0 Å². The molecule has 114 valence electrons. The Balaban J connectivity index is 3.68. The van der Waals surface area contributed by atoms with Crippen LogP contribution >= 0.6 is 24.5 Å². The number of carbonyl (C=O) groups excluding carboxylic acids is 4. The smallest absolute Gasteiger partial charge is 0.391 e. The number of rotatable bonds is 8. The first-order valence-electron chi connectivity index (χ1n) is 5.15. The lowest BCUT2D eigenvalue weighted by molar-refractivity contribution is 0.213. The van der Waals surface area contributed by atoms with Gasteiger partial charge in [0, 0.05) is 0 Å². The molecule has 0 aliphatic carbocycles. The van der Waals surface area contributed by atoms with E-state index in [4.69, 9.17) is 10.3 Å². The number of nitrogens with two attached hydrogens (primary N) is 2. The Morgan fingerprint density at radius 1 is 0.762 bits per heavy atom. The van der Waals surface area contributed by atoms with Crippen molar-refractivity contribution in [1.29, 1.82) is 0 Å². The summed E-state index contributed by atoms with van der Waals surface area (Å²) >= 11 is 0.702. The van der Waals surface area contributed by atoms with Gasteiger partial charge in [-0.25, -0.2) is 19.9 Å². The molecule has 0 radical (unpaired) electrons.